The van der Waals surface area contributed by atoms with Crippen molar-refractivity contribution in [3.63, 3.8) is 0 Å². The largest absolute Gasteiger partial charge is 0.417 e. The summed E-state index contributed by atoms with van der Waals surface area (Å²) in [4.78, 5) is 25.3. The van der Waals surface area contributed by atoms with E-state index in [-0.39, 0.29) is 23.1 Å². The number of ether oxygens (including phenoxy) is 1. The second-order valence-corrected chi connectivity index (χ2v) is 8.86. The first-order chi connectivity index (χ1) is 17.1. The fraction of sp³-hybridized carbons (Fsp3) is 0.478. The first kappa shape index (κ1) is 25.6. The standard InChI is InChI=1S/C23H29F3N8O2/c1-14-15(22(35)28-5-4-6-32(2)3)11-18-21(33-7-9-36-10-8-33)30-20(31-34(14)18)16-13-29-19(27)12-17(16)23(24,25)26/h11-13H,4-10H2,1-3H3,(H2,27,29)(H,28,35). The molecule has 36 heavy (non-hydrogen) atoms. The summed E-state index contributed by atoms with van der Waals surface area (Å²) in [6.45, 7) is 4.89. The van der Waals surface area contributed by atoms with E-state index >= 15 is 0 Å². The van der Waals surface area contributed by atoms with Gasteiger partial charge in [0.25, 0.3) is 5.91 Å². The van der Waals surface area contributed by atoms with Gasteiger partial charge in [-0.05, 0) is 46.1 Å². The summed E-state index contributed by atoms with van der Waals surface area (Å²) in [5.74, 6) is -0.286. The number of pyridine rings is 1. The van der Waals surface area contributed by atoms with Crippen molar-refractivity contribution in [3.8, 4) is 11.4 Å². The van der Waals surface area contributed by atoms with Crippen molar-refractivity contribution in [2.75, 3.05) is 64.1 Å². The average Bonchev–Trinajstić information content (AvgIpc) is 3.17. The minimum atomic E-state index is -4.69. The van der Waals surface area contributed by atoms with Gasteiger partial charge in [-0.25, -0.2) is 14.5 Å². The molecule has 0 aromatic carbocycles. The highest BCUT2D eigenvalue weighted by atomic mass is 19.4. The predicted octanol–water partition coefficient (Wildman–Crippen LogP) is 2.22. The van der Waals surface area contributed by atoms with Crippen molar-refractivity contribution in [2.24, 2.45) is 0 Å². The maximum atomic E-state index is 13.8. The molecule has 1 aliphatic rings. The zero-order valence-electron chi connectivity index (χ0n) is 20.4. The molecule has 10 nitrogen and oxygen atoms in total. The van der Waals surface area contributed by atoms with Gasteiger partial charge in [0.05, 0.1) is 35.6 Å². The van der Waals surface area contributed by atoms with Crippen LogP contribution in [0.1, 0.15) is 28.0 Å². The Bertz CT molecular complexity index is 1250. The third-order valence-corrected chi connectivity index (χ3v) is 5.95. The number of carbonyl (C=O) groups is 1. The highest BCUT2D eigenvalue weighted by molar-refractivity contribution is 5.98. The monoisotopic (exact) mass is 506 g/mol. The second-order valence-electron chi connectivity index (χ2n) is 8.86. The Labute approximate surface area is 206 Å². The van der Waals surface area contributed by atoms with Gasteiger partial charge in [0.2, 0.25) is 0 Å². The molecule has 1 fully saturated rings. The van der Waals surface area contributed by atoms with Crippen LogP contribution < -0.4 is 16.0 Å². The molecule has 1 saturated heterocycles. The smallest absolute Gasteiger partial charge is 0.384 e. The van der Waals surface area contributed by atoms with Gasteiger partial charge < -0.3 is 25.6 Å². The SMILES string of the molecule is Cc1c(C(=O)NCCCN(C)C)cc2c(N3CCOCC3)nc(-c3cnc(N)cc3C(F)(F)F)nn12. The highest BCUT2D eigenvalue weighted by Crippen LogP contribution is 2.37. The van der Waals surface area contributed by atoms with Crippen LogP contribution >= 0.6 is 0 Å². The van der Waals surface area contributed by atoms with E-state index in [0.29, 0.717) is 55.4 Å². The number of halogens is 3. The number of hydrogen-bond acceptors (Lipinski definition) is 8. The molecule has 0 unspecified atom stereocenters. The first-order valence-corrected chi connectivity index (χ1v) is 11.6. The van der Waals surface area contributed by atoms with E-state index in [9.17, 15) is 18.0 Å². The number of rotatable bonds is 7. The van der Waals surface area contributed by atoms with E-state index in [1.807, 2.05) is 23.9 Å². The zero-order valence-corrected chi connectivity index (χ0v) is 20.4. The lowest BCUT2D eigenvalue weighted by Gasteiger charge is -2.28. The number of aromatic nitrogens is 4. The molecule has 0 bridgehead atoms. The van der Waals surface area contributed by atoms with Crippen LogP contribution in [0.3, 0.4) is 0 Å². The number of morpholine rings is 1. The van der Waals surface area contributed by atoms with Gasteiger partial charge in [-0.3, -0.25) is 4.79 Å². The Balaban J connectivity index is 1.82. The molecule has 1 aliphatic heterocycles. The molecule has 0 saturated carbocycles. The molecule has 0 aliphatic carbocycles. The molecule has 3 aromatic heterocycles. The van der Waals surface area contributed by atoms with Crippen LogP contribution in [-0.2, 0) is 10.9 Å². The molecule has 0 atom stereocenters. The third-order valence-electron chi connectivity index (χ3n) is 5.95. The molecule has 0 radical (unpaired) electrons. The number of fused-ring (bicyclic) bond motifs is 1. The Morgan fingerprint density at radius 1 is 1.25 bits per heavy atom. The number of aryl methyl sites for hydroxylation is 1. The van der Waals surface area contributed by atoms with Gasteiger partial charge in [0.1, 0.15) is 11.3 Å². The van der Waals surface area contributed by atoms with E-state index < -0.39 is 11.7 Å². The number of nitrogens with zero attached hydrogens (tertiary/aromatic N) is 6. The van der Waals surface area contributed by atoms with Gasteiger partial charge >= 0.3 is 6.18 Å². The molecule has 13 heteroatoms. The van der Waals surface area contributed by atoms with Crippen LogP contribution in [0.4, 0.5) is 24.8 Å². The lowest BCUT2D eigenvalue weighted by Crippen LogP contribution is -2.37. The van der Waals surface area contributed by atoms with E-state index in [0.717, 1.165) is 25.2 Å². The van der Waals surface area contributed by atoms with Crippen LogP contribution in [0.25, 0.3) is 16.9 Å². The van der Waals surface area contributed by atoms with Crippen molar-refractivity contribution in [3.05, 3.63) is 35.2 Å². The molecule has 0 spiro atoms. The van der Waals surface area contributed by atoms with Crippen LogP contribution in [0.5, 0.6) is 0 Å². The van der Waals surface area contributed by atoms with Gasteiger partial charge in [-0.2, -0.15) is 13.2 Å². The zero-order chi connectivity index (χ0) is 26.0. The molecule has 1 amide bonds. The molecule has 3 N–H and O–H groups in total. The summed E-state index contributed by atoms with van der Waals surface area (Å²) < 4.78 is 48.4. The van der Waals surface area contributed by atoms with Crippen LogP contribution in [0, 0.1) is 6.92 Å². The summed E-state index contributed by atoms with van der Waals surface area (Å²) in [5.41, 5.74) is 5.66. The Morgan fingerprint density at radius 3 is 2.64 bits per heavy atom. The van der Waals surface area contributed by atoms with Crippen LogP contribution in [0.2, 0.25) is 0 Å². The fourth-order valence-electron chi connectivity index (χ4n) is 4.09. The number of anilines is 2. The number of alkyl halides is 3. The van der Waals surface area contributed by atoms with Crippen molar-refractivity contribution in [1.82, 2.24) is 29.8 Å². The van der Waals surface area contributed by atoms with E-state index in [1.165, 1.54) is 4.52 Å². The molecule has 4 rings (SSSR count). The van der Waals surface area contributed by atoms with E-state index in [2.05, 4.69) is 20.4 Å². The number of hydrogen-bond donors (Lipinski definition) is 2. The number of nitrogens with one attached hydrogen (secondary N) is 1. The quantitative estimate of drug-likeness (QED) is 0.469. The van der Waals surface area contributed by atoms with Crippen molar-refractivity contribution in [2.45, 2.75) is 19.5 Å². The molecule has 4 heterocycles. The maximum Gasteiger partial charge on any atom is 0.417 e. The number of nitrogen functional groups attached to an aromatic ring is 1. The summed E-state index contributed by atoms with van der Waals surface area (Å²) in [5, 5.41) is 7.31. The van der Waals surface area contributed by atoms with Gasteiger partial charge in [0, 0.05) is 25.8 Å². The third kappa shape index (κ3) is 5.36. The van der Waals surface area contributed by atoms with Gasteiger partial charge in [-0.15, -0.1) is 5.10 Å². The van der Waals surface area contributed by atoms with Crippen molar-refractivity contribution in [1.29, 1.82) is 0 Å². The topological polar surface area (TPSA) is 114 Å². The maximum absolute atomic E-state index is 13.8. The lowest BCUT2D eigenvalue weighted by atomic mass is 10.1. The summed E-state index contributed by atoms with van der Waals surface area (Å²) in [6, 6.07) is 2.45. The van der Waals surface area contributed by atoms with Gasteiger partial charge in [-0.1, -0.05) is 0 Å². The first-order valence-electron chi connectivity index (χ1n) is 11.6. The van der Waals surface area contributed by atoms with Crippen molar-refractivity contribution >= 4 is 23.1 Å². The summed E-state index contributed by atoms with van der Waals surface area (Å²) >= 11 is 0. The molecular formula is C23H29F3N8O2. The molecule has 194 valence electrons. The van der Waals surface area contributed by atoms with E-state index in [1.54, 1.807) is 13.0 Å². The lowest BCUT2D eigenvalue weighted by molar-refractivity contribution is -0.137. The Morgan fingerprint density at radius 2 is 1.97 bits per heavy atom. The summed E-state index contributed by atoms with van der Waals surface area (Å²) in [7, 11) is 3.91. The second kappa shape index (κ2) is 10.3. The molecule has 3 aromatic rings. The molecular weight excluding hydrogens is 477 g/mol. The number of carbonyl (C=O) groups excluding carboxylic acids is 1. The summed E-state index contributed by atoms with van der Waals surface area (Å²) in [6.07, 6.45) is -2.88. The number of nitrogens with two attached hydrogens (primary N) is 1. The van der Waals surface area contributed by atoms with Crippen LogP contribution in [-0.4, -0.2) is 83.9 Å². The van der Waals surface area contributed by atoms with Crippen molar-refractivity contribution < 1.29 is 22.7 Å². The number of amides is 1. The average molecular weight is 507 g/mol. The van der Waals surface area contributed by atoms with Gasteiger partial charge in [0.15, 0.2) is 11.6 Å². The predicted molar refractivity (Wildman–Crippen MR) is 129 cm³/mol. The fourth-order valence-corrected chi connectivity index (χ4v) is 4.09. The van der Waals surface area contributed by atoms with Crippen LogP contribution in [0.15, 0.2) is 18.3 Å². The normalized spacial score (nSPS) is 14.6. The highest BCUT2D eigenvalue weighted by Gasteiger charge is 2.36. The van der Waals surface area contributed by atoms with E-state index in [4.69, 9.17) is 10.5 Å². The minimum Gasteiger partial charge on any atom is -0.384 e. The minimum absolute atomic E-state index is 0.166. The Hall–Kier alpha value is -3.45. The Kier molecular flexibility index (Phi) is 7.31.